The van der Waals surface area contributed by atoms with E-state index < -0.39 is 0 Å². The quantitative estimate of drug-likeness (QED) is 0.362. The highest BCUT2D eigenvalue weighted by molar-refractivity contribution is 6.06. The zero-order valence-corrected chi connectivity index (χ0v) is 16.6. The van der Waals surface area contributed by atoms with Gasteiger partial charge >= 0.3 is 0 Å². The molecule has 0 radical (unpaired) electrons. The van der Waals surface area contributed by atoms with Crippen molar-refractivity contribution in [2.75, 3.05) is 5.32 Å². The lowest BCUT2D eigenvalue weighted by Crippen LogP contribution is -2.12. The summed E-state index contributed by atoms with van der Waals surface area (Å²) < 4.78 is 5.79. The molecule has 0 saturated heterocycles. The number of amides is 1. The smallest absolute Gasteiger partial charge is 0.255 e. The number of ether oxygens (including phenoxy) is 1. The van der Waals surface area contributed by atoms with Crippen LogP contribution in [0, 0.1) is 0 Å². The predicted molar refractivity (Wildman–Crippen MR) is 122 cm³/mol. The number of aromatic amines is 1. The Labute approximate surface area is 179 Å². The lowest BCUT2D eigenvalue weighted by atomic mass is 10.1. The van der Waals surface area contributed by atoms with Crippen LogP contribution < -0.4 is 10.1 Å². The standard InChI is InChI=1S/C26H19N3O2/c30-26(18-14-16-20(17-15-18)31-19-8-2-1-3-9-19)29-22-11-5-4-10-21(22)25-27-23-12-6-7-13-24(23)28-25/h1-17H,(H,27,28)(H,29,30). The van der Waals surface area contributed by atoms with Gasteiger partial charge in [-0.25, -0.2) is 4.98 Å². The number of imidazole rings is 1. The Kier molecular flexibility index (Phi) is 4.91. The summed E-state index contributed by atoms with van der Waals surface area (Å²) in [7, 11) is 0. The minimum atomic E-state index is -0.199. The van der Waals surface area contributed by atoms with E-state index >= 15 is 0 Å². The van der Waals surface area contributed by atoms with E-state index in [1.165, 1.54) is 0 Å². The summed E-state index contributed by atoms with van der Waals surface area (Å²) >= 11 is 0. The van der Waals surface area contributed by atoms with Gasteiger partial charge in [0.25, 0.3) is 5.91 Å². The number of para-hydroxylation sites is 4. The van der Waals surface area contributed by atoms with Crippen LogP contribution in [0.5, 0.6) is 11.5 Å². The number of benzene rings is 4. The number of nitrogens with one attached hydrogen (secondary N) is 2. The number of nitrogens with zero attached hydrogens (tertiary/aromatic N) is 1. The van der Waals surface area contributed by atoms with E-state index in [9.17, 15) is 4.79 Å². The highest BCUT2D eigenvalue weighted by atomic mass is 16.5. The fourth-order valence-corrected chi connectivity index (χ4v) is 3.37. The van der Waals surface area contributed by atoms with Crippen LogP contribution in [0.25, 0.3) is 22.4 Å². The molecule has 1 aromatic heterocycles. The zero-order chi connectivity index (χ0) is 21.0. The maximum absolute atomic E-state index is 12.9. The number of carbonyl (C=O) groups is 1. The van der Waals surface area contributed by atoms with E-state index in [1.54, 1.807) is 24.3 Å². The van der Waals surface area contributed by atoms with Crippen molar-refractivity contribution in [3.05, 3.63) is 109 Å². The van der Waals surface area contributed by atoms with Gasteiger partial charge in [0.1, 0.15) is 17.3 Å². The molecule has 5 rings (SSSR count). The molecular weight excluding hydrogens is 386 g/mol. The summed E-state index contributed by atoms with van der Waals surface area (Å²) in [5.41, 5.74) is 3.90. The normalized spacial score (nSPS) is 10.7. The van der Waals surface area contributed by atoms with Crippen LogP contribution >= 0.6 is 0 Å². The van der Waals surface area contributed by atoms with E-state index in [0.29, 0.717) is 22.8 Å². The average Bonchev–Trinajstić information content (AvgIpc) is 3.25. The Bertz CT molecular complexity index is 1310. The van der Waals surface area contributed by atoms with E-state index in [1.807, 2.05) is 78.9 Å². The number of H-pyrrole nitrogens is 1. The number of fused-ring (bicyclic) bond motifs is 1. The van der Waals surface area contributed by atoms with Crippen molar-refractivity contribution >= 4 is 22.6 Å². The van der Waals surface area contributed by atoms with Crippen LogP contribution in [0.15, 0.2) is 103 Å². The van der Waals surface area contributed by atoms with Gasteiger partial charge < -0.3 is 15.0 Å². The number of hydrogen-bond donors (Lipinski definition) is 2. The van der Waals surface area contributed by atoms with E-state index in [2.05, 4.69) is 15.3 Å². The second-order valence-electron chi connectivity index (χ2n) is 7.04. The third-order valence-electron chi connectivity index (χ3n) is 4.92. The molecule has 0 aliphatic carbocycles. The van der Waals surface area contributed by atoms with Crippen molar-refractivity contribution in [1.82, 2.24) is 9.97 Å². The zero-order valence-electron chi connectivity index (χ0n) is 16.6. The van der Waals surface area contributed by atoms with Gasteiger partial charge in [-0.05, 0) is 60.7 Å². The molecular formula is C26H19N3O2. The predicted octanol–water partition coefficient (Wildman–Crippen LogP) is 6.27. The average molecular weight is 405 g/mol. The summed E-state index contributed by atoms with van der Waals surface area (Å²) in [6.07, 6.45) is 0. The van der Waals surface area contributed by atoms with E-state index in [-0.39, 0.29) is 5.91 Å². The third-order valence-corrected chi connectivity index (χ3v) is 4.92. The third kappa shape index (κ3) is 4.02. The van der Waals surface area contributed by atoms with Crippen molar-refractivity contribution in [1.29, 1.82) is 0 Å². The monoisotopic (exact) mass is 405 g/mol. The first-order valence-corrected chi connectivity index (χ1v) is 9.95. The summed E-state index contributed by atoms with van der Waals surface area (Å²) in [5.74, 6) is 1.93. The van der Waals surface area contributed by atoms with Crippen LogP contribution in [0.1, 0.15) is 10.4 Å². The fraction of sp³-hybridized carbons (Fsp3) is 0. The Hall–Kier alpha value is -4.38. The minimum Gasteiger partial charge on any atom is -0.457 e. The summed E-state index contributed by atoms with van der Waals surface area (Å²) in [6.45, 7) is 0. The largest absolute Gasteiger partial charge is 0.457 e. The fourth-order valence-electron chi connectivity index (χ4n) is 3.37. The second kappa shape index (κ2) is 8.16. The van der Waals surface area contributed by atoms with Crippen molar-refractivity contribution in [3.8, 4) is 22.9 Å². The lowest BCUT2D eigenvalue weighted by molar-refractivity contribution is 0.102. The maximum Gasteiger partial charge on any atom is 0.255 e. The molecule has 5 aromatic rings. The molecule has 0 fully saturated rings. The molecule has 1 amide bonds. The molecule has 150 valence electrons. The summed E-state index contributed by atoms with van der Waals surface area (Å²) in [4.78, 5) is 20.8. The van der Waals surface area contributed by atoms with Gasteiger partial charge in [-0.15, -0.1) is 0 Å². The van der Waals surface area contributed by atoms with Gasteiger partial charge in [0.15, 0.2) is 0 Å². The number of carbonyl (C=O) groups excluding carboxylic acids is 1. The first-order valence-electron chi connectivity index (χ1n) is 9.95. The van der Waals surface area contributed by atoms with Crippen molar-refractivity contribution < 1.29 is 9.53 Å². The molecule has 5 heteroatoms. The number of aromatic nitrogens is 2. The summed E-state index contributed by atoms with van der Waals surface area (Å²) in [6, 6.07) is 32.1. The number of hydrogen-bond acceptors (Lipinski definition) is 3. The molecule has 4 aromatic carbocycles. The molecule has 0 saturated carbocycles. The van der Waals surface area contributed by atoms with Crippen LogP contribution in [0.3, 0.4) is 0 Å². The number of anilines is 1. The molecule has 0 aliphatic heterocycles. The molecule has 0 bridgehead atoms. The van der Waals surface area contributed by atoms with Gasteiger partial charge in [-0.3, -0.25) is 4.79 Å². The molecule has 0 atom stereocenters. The van der Waals surface area contributed by atoms with Crippen LogP contribution in [0.2, 0.25) is 0 Å². The van der Waals surface area contributed by atoms with Crippen molar-refractivity contribution in [2.24, 2.45) is 0 Å². The Morgan fingerprint density at radius 3 is 2.23 bits per heavy atom. The maximum atomic E-state index is 12.9. The summed E-state index contributed by atoms with van der Waals surface area (Å²) in [5, 5.41) is 3.00. The van der Waals surface area contributed by atoms with Gasteiger partial charge in [-0.1, -0.05) is 42.5 Å². The van der Waals surface area contributed by atoms with Gasteiger partial charge in [-0.2, -0.15) is 0 Å². The second-order valence-corrected chi connectivity index (χ2v) is 7.04. The topological polar surface area (TPSA) is 67.0 Å². The molecule has 0 unspecified atom stereocenters. The van der Waals surface area contributed by atoms with E-state index in [4.69, 9.17) is 4.74 Å². The first kappa shape index (κ1) is 18.6. The van der Waals surface area contributed by atoms with E-state index in [0.717, 1.165) is 22.3 Å². The molecule has 0 aliphatic rings. The Morgan fingerprint density at radius 1 is 0.742 bits per heavy atom. The molecule has 0 spiro atoms. The first-order chi connectivity index (χ1) is 15.3. The van der Waals surface area contributed by atoms with Crippen LogP contribution in [-0.4, -0.2) is 15.9 Å². The SMILES string of the molecule is O=C(Nc1ccccc1-c1nc2ccccc2[nH]1)c1ccc(Oc2ccccc2)cc1. The van der Waals surface area contributed by atoms with Crippen LogP contribution in [-0.2, 0) is 0 Å². The van der Waals surface area contributed by atoms with Crippen molar-refractivity contribution in [3.63, 3.8) is 0 Å². The molecule has 31 heavy (non-hydrogen) atoms. The highest BCUT2D eigenvalue weighted by Gasteiger charge is 2.13. The minimum absolute atomic E-state index is 0.199. The molecule has 2 N–H and O–H groups in total. The molecule has 5 nitrogen and oxygen atoms in total. The van der Waals surface area contributed by atoms with Gasteiger partial charge in [0.05, 0.1) is 16.7 Å². The molecule has 1 heterocycles. The van der Waals surface area contributed by atoms with Crippen LogP contribution in [0.4, 0.5) is 5.69 Å². The van der Waals surface area contributed by atoms with Gasteiger partial charge in [0.2, 0.25) is 0 Å². The lowest BCUT2D eigenvalue weighted by Gasteiger charge is -2.10. The number of rotatable bonds is 5. The van der Waals surface area contributed by atoms with Crippen molar-refractivity contribution in [2.45, 2.75) is 0 Å². The Balaban J connectivity index is 1.36. The highest BCUT2D eigenvalue weighted by Crippen LogP contribution is 2.28. The van der Waals surface area contributed by atoms with Gasteiger partial charge in [0, 0.05) is 11.1 Å². The Morgan fingerprint density at radius 2 is 1.42 bits per heavy atom.